The zero-order chi connectivity index (χ0) is 21.6. The summed E-state index contributed by atoms with van der Waals surface area (Å²) in [6.45, 7) is 1.47. The predicted molar refractivity (Wildman–Crippen MR) is 124 cm³/mol. The van der Waals surface area contributed by atoms with Crippen molar-refractivity contribution in [2.75, 3.05) is 31.6 Å². The highest BCUT2D eigenvalue weighted by molar-refractivity contribution is 14.0. The summed E-state index contributed by atoms with van der Waals surface area (Å²) < 4.78 is 43.3. The average molecular weight is 548 g/mol. The number of hydrogen-bond donors (Lipinski definition) is 2. The van der Waals surface area contributed by atoms with Gasteiger partial charge in [0.2, 0.25) is 0 Å². The third-order valence-electron chi connectivity index (χ3n) is 4.62. The number of fused-ring (bicyclic) bond motifs is 1. The van der Waals surface area contributed by atoms with E-state index in [2.05, 4.69) is 15.6 Å². The highest BCUT2D eigenvalue weighted by atomic mass is 127. The topological polar surface area (TPSA) is 66.0 Å². The Morgan fingerprint density at radius 1 is 1.13 bits per heavy atom. The van der Waals surface area contributed by atoms with Crippen molar-refractivity contribution in [2.45, 2.75) is 19.1 Å². The first kappa shape index (κ1) is 24.8. The van der Waals surface area contributed by atoms with Crippen molar-refractivity contribution in [1.82, 2.24) is 10.6 Å². The largest absolute Gasteiger partial charge is 0.482 e. The third-order valence-corrected chi connectivity index (χ3v) is 4.62. The lowest BCUT2D eigenvalue weighted by molar-refractivity contribution is -0.137. The number of aliphatic imine (C=N–C) groups is 1. The molecular formula is C21H24F3IN4O2. The van der Waals surface area contributed by atoms with Crippen molar-refractivity contribution in [3.63, 3.8) is 0 Å². The maximum absolute atomic E-state index is 12.6. The van der Waals surface area contributed by atoms with Gasteiger partial charge in [-0.1, -0.05) is 24.3 Å². The molecule has 2 N–H and O–H groups in total. The van der Waals surface area contributed by atoms with Crippen molar-refractivity contribution in [1.29, 1.82) is 0 Å². The second kappa shape index (κ2) is 11.2. The van der Waals surface area contributed by atoms with Crippen LogP contribution < -0.4 is 20.3 Å². The Morgan fingerprint density at radius 2 is 1.84 bits per heavy atom. The molecule has 6 nitrogen and oxygen atoms in total. The number of carbonyl (C=O) groups is 1. The number of guanidine groups is 1. The van der Waals surface area contributed by atoms with E-state index in [1.54, 1.807) is 11.9 Å². The number of anilines is 1. The van der Waals surface area contributed by atoms with Crippen molar-refractivity contribution >= 4 is 41.5 Å². The normalized spacial score (nSPS) is 13.7. The summed E-state index contributed by atoms with van der Waals surface area (Å²) in [4.78, 5) is 18.0. The molecule has 0 spiro atoms. The molecule has 168 valence electrons. The Bertz CT molecular complexity index is 904. The van der Waals surface area contributed by atoms with Crippen LogP contribution in [0.1, 0.15) is 17.5 Å². The molecular weight excluding hydrogens is 524 g/mol. The lowest BCUT2D eigenvalue weighted by atomic mass is 10.1. The SMILES string of the molecule is CN=C(NCCCN1C(=O)COc2ccccc21)NCc1ccc(C(F)(F)F)cc1.I. The third kappa shape index (κ3) is 6.74. The molecule has 0 aromatic heterocycles. The standard InChI is InChI=1S/C21H23F3N4O2.HI/c1-25-20(27-13-15-7-9-16(10-8-15)21(22,23)24)26-11-4-12-28-17-5-2-3-6-18(17)30-14-19(28)29;/h2-3,5-10H,4,11-14H2,1H3,(H2,25,26,27);1H. The summed E-state index contributed by atoms with van der Waals surface area (Å²) in [6, 6.07) is 12.4. The molecule has 3 rings (SSSR count). The summed E-state index contributed by atoms with van der Waals surface area (Å²) >= 11 is 0. The van der Waals surface area contributed by atoms with Gasteiger partial charge in [0.15, 0.2) is 12.6 Å². The summed E-state index contributed by atoms with van der Waals surface area (Å²) in [5, 5.41) is 6.21. The molecule has 31 heavy (non-hydrogen) atoms. The smallest absolute Gasteiger partial charge is 0.416 e. The lowest BCUT2D eigenvalue weighted by Crippen LogP contribution is -2.41. The zero-order valence-electron chi connectivity index (χ0n) is 16.9. The van der Waals surface area contributed by atoms with E-state index in [1.165, 1.54) is 12.1 Å². The first-order valence-corrected chi connectivity index (χ1v) is 9.51. The molecule has 2 aromatic carbocycles. The van der Waals surface area contributed by atoms with Crippen molar-refractivity contribution in [3.05, 3.63) is 59.7 Å². The molecule has 0 atom stereocenters. The quantitative estimate of drug-likeness (QED) is 0.250. The van der Waals surface area contributed by atoms with Gasteiger partial charge in [-0.25, -0.2) is 0 Å². The Morgan fingerprint density at radius 3 is 2.52 bits per heavy atom. The van der Waals surface area contributed by atoms with Gasteiger partial charge >= 0.3 is 6.18 Å². The van der Waals surface area contributed by atoms with E-state index in [9.17, 15) is 18.0 Å². The van der Waals surface area contributed by atoms with Crippen LogP contribution in [-0.2, 0) is 17.5 Å². The molecule has 0 fully saturated rings. The van der Waals surface area contributed by atoms with Crippen LogP contribution in [-0.4, -0.2) is 38.6 Å². The van der Waals surface area contributed by atoms with Crippen LogP contribution >= 0.6 is 24.0 Å². The second-order valence-electron chi connectivity index (χ2n) is 6.70. The number of alkyl halides is 3. The van der Waals surface area contributed by atoms with E-state index >= 15 is 0 Å². The Kier molecular flexibility index (Phi) is 8.96. The highest BCUT2D eigenvalue weighted by Gasteiger charge is 2.30. The van der Waals surface area contributed by atoms with E-state index < -0.39 is 11.7 Å². The number of halogens is 4. The molecule has 10 heteroatoms. The van der Waals surface area contributed by atoms with Crippen molar-refractivity contribution in [3.8, 4) is 5.75 Å². The molecule has 0 radical (unpaired) electrons. The molecule has 2 aromatic rings. The van der Waals surface area contributed by atoms with E-state index in [0.29, 0.717) is 43.3 Å². The van der Waals surface area contributed by atoms with Crippen molar-refractivity contribution < 1.29 is 22.7 Å². The lowest BCUT2D eigenvalue weighted by Gasteiger charge is -2.29. The van der Waals surface area contributed by atoms with Crippen LogP contribution in [0.15, 0.2) is 53.5 Å². The van der Waals surface area contributed by atoms with Gasteiger partial charge in [0.05, 0.1) is 11.3 Å². The summed E-state index contributed by atoms with van der Waals surface area (Å²) in [7, 11) is 1.61. The van der Waals surface area contributed by atoms with Gasteiger partial charge in [-0.2, -0.15) is 13.2 Å². The first-order chi connectivity index (χ1) is 14.4. The van der Waals surface area contributed by atoms with Crippen LogP contribution in [0.5, 0.6) is 5.75 Å². The highest BCUT2D eigenvalue weighted by Crippen LogP contribution is 2.31. The molecule has 1 heterocycles. The van der Waals surface area contributed by atoms with Gasteiger partial charge in [-0.15, -0.1) is 24.0 Å². The van der Waals surface area contributed by atoms with Crippen LogP contribution in [0.25, 0.3) is 0 Å². The monoisotopic (exact) mass is 548 g/mol. The van der Waals surface area contributed by atoms with Gasteiger partial charge in [0.1, 0.15) is 5.75 Å². The number of ether oxygens (including phenoxy) is 1. The molecule has 1 aliphatic rings. The molecule has 0 bridgehead atoms. The molecule has 0 unspecified atom stereocenters. The first-order valence-electron chi connectivity index (χ1n) is 9.51. The Hall–Kier alpha value is -2.50. The molecule has 1 aliphatic heterocycles. The molecule has 0 saturated carbocycles. The van der Waals surface area contributed by atoms with Gasteiger partial charge < -0.3 is 20.3 Å². The number of benzene rings is 2. The fraction of sp³-hybridized carbons (Fsp3) is 0.333. The van der Waals surface area contributed by atoms with Gasteiger partial charge in [-0.05, 0) is 36.2 Å². The van der Waals surface area contributed by atoms with Crippen LogP contribution in [0.3, 0.4) is 0 Å². The summed E-state index contributed by atoms with van der Waals surface area (Å²) in [5.74, 6) is 1.14. The fourth-order valence-electron chi connectivity index (χ4n) is 3.06. The fourth-order valence-corrected chi connectivity index (χ4v) is 3.06. The number of rotatable bonds is 6. The number of nitrogens with one attached hydrogen (secondary N) is 2. The Balaban J connectivity index is 0.00000341. The minimum atomic E-state index is -4.34. The van der Waals surface area contributed by atoms with E-state index in [1.807, 2.05) is 24.3 Å². The van der Waals surface area contributed by atoms with Crippen LogP contribution in [0.2, 0.25) is 0 Å². The maximum Gasteiger partial charge on any atom is 0.416 e. The zero-order valence-corrected chi connectivity index (χ0v) is 19.2. The number of hydrogen-bond acceptors (Lipinski definition) is 3. The summed E-state index contributed by atoms with van der Waals surface area (Å²) in [5.41, 5.74) is 0.799. The number of amides is 1. The molecule has 0 aliphatic carbocycles. The van der Waals surface area contributed by atoms with Gasteiger partial charge in [0.25, 0.3) is 5.91 Å². The maximum atomic E-state index is 12.6. The number of para-hydroxylation sites is 2. The average Bonchev–Trinajstić information content (AvgIpc) is 2.74. The van der Waals surface area contributed by atoms with E-state index in [-0.39, 0.29) is 36.5 Å². The van der Waals surface area contributed by atoms with Gasteiger partial charge in [-0.3, -0.25) is 9.79 Å². The van der Waals surface area contributed by atoms with Crippen molar-refractivity contribution in [2.24, 2.45) is 4.99 Å². The Labute approximate surface area is 195 Å². The number of carbonyl (C=O) groups excluding carboxylic acids is 1. The number of nitrogens with zero attached hydrogens (tertiary/aromatic N) is 2. The summed E-state index contributed by atoms with van der Waals surface area (Å²) in [6.07, 6.45) is -3.66. The predicted octanol–water partition coefficient (Wildman–Crippen LogP) is 3.80. The second-order valence-corrected chi connectivity index (χ2v) is 6.70. The van der Waals surface area contributed by atoms with Crippen LogP contribution in [0, 0.1) is 0 Å². The van der Waals surface area contributed by atoms with Crippen LogP contribution in [0.4, 0.5) is 18.9 Å². The van der Waals surface area contributed by atoms with Gasteiger partial charge in [0, 0.05) is 26.7 Å². The minimum absolute atomic E-state index is 0. The minimum Gasteiger partial charge on any atom is -0.482 e. The van der Waals surface area contributed by atoms with E-state index in [4.69, 9.17) is 4.74 Å². The van der Waals surface area contributed by atoms with E-state index in [0.717, 1.165) is 17.8 Å². The molecule has 0 saturated heterocycles. The molecule has 1 amide bonds.